The number of anilines is 1. The number of ether oxygens (including phenoxy) is 1. The van der Waals surface area contributed by atoms with Gasteiger partial charge in [-0.15, -0.1) is 0 Å². The highest BCUT2D eigenvalue weighted by Crippen LogP contribution is 2.39. The molecule has 4 aromatic rings. The van der Waals surface area contributed by atoms with Crippen LogP contribution in [-0.4, -0.2) is 34.1 Å². The number of imidazole rings is 1. The van der Waals surface area contributed by atoms with Crippen molar-refractivity contribution in [1.29, 1.82) is 0 Å². The van der Waals surface area contributed by atoms with Crippen molar-refractivity contribution in [3.63, 3.8) is 0 Å². The third-order valence-electron chi connectivity index (χ3n) is 4.78. The third-order valence-corrected chi connectivity index (χ3v) is 6.62. The minimum Gasteiger partial charge on any atom is -0.455 e. The lowest BCUT2D eigenvalue weighted by Crippen LogP contribution is -2.29. The van der Waals surface area contributed by atoms with E-state index in [1.54, 1.807) is 19.1 Å². The molecule has 1 atom stereocenters. The number of fused-ring (bicyclic) bond motifs is 1. The van der Waals surface area contributed by atoms with E-state index >= 15 is 0 Å². The van der Waals surface area contributed by atoms with Crippen LogP contribution in [0.5, 0.6) is 5.88 Å². The van der Waals surface area contributed by atoms with Gasteiger partial charge in [-0.1, -0.05) is 35.9 Å². The van der Waals surface area contributed by atoms with Crippen molar-refractivity contribution in [2.24, 2.45) is 0 Å². The minimum absolute atomic E-state index is 0.0776. The molecule has 4 rings (SSSR count). The number of sulfonamides is 1. The lowest BCUT2D eigenvalue weighted by molar-refractivity contribution is -0.200. The highest BCUT2D eigenvalue weighted by Gasteiger charge is 2.46. The Labute approximate surface area is 197 Å². The van der Waals surface area contributed by atoms with Gasteiger partial charge in [0, 0.05) is 6.54 Å². The largest absolute Gasteiger partial charge is 0.455 e. The molecule has 1 unspecified atom stereocenters. The van der Waals surface area contributed by atoms with Crippen LogP contribution in [0.15, 0.2) is 66.0 Å². The van der Waals surface area contributed by atoms with Crippen LogP contribution in [-0.2, 0) is 16.6 Å². The molecule has 2 aromatic carbocycles. The Balaban J connectivity index is 1.83. The van der Waals surface area contributed by atoms with Gasteiger partial charge in [-0.25, -0.2) is 23.4 Å². The lowest BCUT2D eigenvalue weighted by atomic mass is 10.2. The summed E-state index contributed by atoms with van der Waals surface area (Å²) in [6.45, 7) is 1.86. The molecule has 2 aromatic heterocycles. The smallest absolute Gasteiger partial charge is 0.431 e. The van der Waals surface area contributed by atoms with Gasteiger partial charge in [-0.2, -0.15) is 13.2 Å². The monoisotopic (exact) mass is 511 g/mol. The fraction of sp³-hybridized carbons (Fsp3) is 0.190. The minimum atomic E-state index is -4.86. The van der Waals surface area contributed by atoms with Crippen LogP contribution in [0, 0.1) is 0 Å². The van der Waals surface area contributed by atoms with E-state index in [0.29, 0.717) is 0 Å². The molecule has 0 bridgehead atoms. The van der Waals surface area contributed by atoms with E-state index in [1.165, 1.54) is 47.3 Å². The molecule has 13 heteroatoms. The first kappa shape index (κ1) is 23.8. The van der Waals surface area contributed by atoms with Crippen molar-refractivity contribution in [1.82, 2.24) is 19.5 Å². The highest BCUT2D eigenvalue weighted by atomic mass is 35.5. The van der Waals surface area contributed by atoms with Gasteiger partial charge in [0.25, 0.3) is 15.9 Å². The number of rotatable bonds is 7. The summed E-state index contributed by atoms with van der Waals surface area (Å²) in [5.41, 5.74) is 0.182. The van der Waals surface area contributed by atoms with E-state index in [0.717, 1.165) is 6.20 Å². The zero-order chi connectivity index (χ0) is 24.5. The van der Waals surface area contributed by atoms with E-state index in [9.17, 15) is 21.6 Å². The fourth-order valence-corrected chi connectivity index (χ4v) is 4.72. The number of halogens is 4. The average Bonchev–Trinajstić information content (AvgIpc) is 3.25. The first-order valence-corrected chi connectivity index (χ1v) is 11.7. The van der Waals surface area contributed by atoms with Gasteiger partial charge in [0.05, 0.1) is 34.3 Å². The molecule has 0 spiro atoms. The van der Waals surface area contributed by atoms with Gasteiger partial charge in [0.15, 0.2) is 0 Å². The van der Waals surface area contributed by atoms with Crippen LogP contribution in [0.3, 0.4) is 0 Å². The Morgan fingerprint density at radius 3 is 2.38 bits per heavy atom. The van der Waals surface area contributed by atoms with Crippen molar-refractivity contribution in [3.05, 3.63) is 71.8 Å². The second kappa shape index (κ2) is 9.11. The Bertz CT molecular complexity index is 1440. The molecule has 178 valence electrons. The van der Waals surface area contributed by atoms with Gasteiger partial charge in [0.2, 0.25) is 11.9 Å². The highest BCUT2D eigenvalue weighted by molar-refractivity contribution is 7.92. The number of aryl methyl sites for hydroxylation is 1. The number of alkyl halides is 3. The molecule has 0 aliphatic heterocycles. The van der Waals surface area contributed by atoms with Gasteiger partial charge >= 0.3 is 6.18 Å². The lowest BCUT2D eigenvalue weighted by Gasteiger charge is -2.23. The number of benzene rings is 2. The van der Waals surface area contributed by atoms with Crippen molar-refractivity contribution < 1.29 is 26.3 Å². The molecule has 0 fully saturated rings. The first-order valence-electron chi connectivity index (χ1n) is 9.87. The molecular weight excluding hydrogens is 495 g/mol. The van der Waals surface area contributed by atoms with Crippen LogP contribution in [0.25, 0.3) is 11.0 Å². The standard InChI is InChI=1S/C21H17ClF3N5O3S/c1-2-30-12-26-11-16(30)18(21(23,24)25)33-20-19(27-14-8-4-5-9-15(14)28-20)29-34(31,32)17-10-6-3-7-13(17)22/h3-12,18H,2H2,1H3,(H,27,29). The third kappa shape index (κ3) is 4.77. The summed E-state index contributed by atoms with van der Waals surface area (Å²) in [6, 6.07) is 11.9. The van der Waals surface area contributed by atoms with Crippen LogP contribution in [0.2, 0.25) is 5.02 Å². The summed E-state index contributed by atoms with van der Waals surface area (Å²) in [5.74, 6) is -1.17. The van der Waals surface area contributed by atoms with Crippen molar-refractivity contribution >= 4 is 38.5 Å². The van der Waals surface area contributed by atoms with E-state index in [4.69, 9.17) is 16.3 Å². The Kier molecular flexibility index (Phi) is 6.36. The zero-order valence-electron chi connectivity index (χ0n) is 17.5. The molecular formula is C21H17ClF3N5O3S. The van der Waals surface area contributed by atoms with Crippen LogP contribution >= 0.6 is 11.6 Å². The Hall–Kier alpha value is -3.38. The predicted octanol–water partition coefficient (Wildman–Crippen LogP) is 4.98. The predicted molar refractivity (Wildman–Crippen MR) is 119 cm³/mol. The number of hydrogen-bond acceptors (Lipinski definition) is 6. The Morgan fingerprint density at radius 2 is 1.74 bits per heavy atom. The van der Waals surface area contributed by atoms with Crippen LogP contribution in [0.4, 0.5) is 19.0 Å². The SMILES string of the molecule is CCn1cncc1C(Oc1nc2ccccc2nc1NS(=O)(=O)c1ccccc1Cl)C(F)(F)F. The number of hydrogen-bond donors (Lipinski definition) is 1. The van der Waals surface area contributed by atoms with Gasteiger partial charge in [-0.3, -0.25) is 4.72 Å². The summed E-state index contributed by atoms with van der Waals surface area (Å²) < 4.78 is 76.7. The van der Waals surface area contributed by atoms with E-state index in [2.05, 4.69) is 19.7 Å². The zero-order valence-corrected chi connectivity index (χ0v) is 19.1. The van der Waals surface area contributed by atoms with Crippen molar-refractivity contribution in [2.75, 3.05) is 4.72 Å². The van der Waals surface area contributed by atoms with E-state index in [-0.39, 0.29) is 33.2 Å². The first-order chi connectivity index (χ1) is 16.1. The van der Waals surface area contributed by atoms with Crippen molar-refractivity contribution in [2.45, 2.75) is 30.6 Å². The summed E-state index contributed by atoms with van der Waals surface area (Å²) in [7, 11) is -4.34. The van der Waals surface area contributed by atoms with Gasteiger partial charge in [-0.05, 0) is 31.2 Å². The summed E-state index contributed by atoms with van der Waals surface area (Å²) in [4.78, 5) is 11.8. The van der Waals surface area contributed by atoms with Gasteiger partial charge in [0.1, 0.15) is 4.90 Å². The molecule has 8 nitrogen and oxygen atoms in total. The number of aromatic nitrogens is 4. The fourth-order valence-electron chi connectivity index (χ4n) is 3.20. The van der Waals surface area contributed by atoms with Gasteiger partial charge < -0.3 is 9.30 Å². The molecule has 0 amide bonds. The number of para-hydroxylation sites is 2. The molecule has 34 heavy (non-hydrogen) atoms. The quantitative estimate of drug-likeness (QED) is 0.375. The molecule has 0 saturated heterocycles. The summed E-state index contributed by atoms with van der Waals surface area (Å²) in [6.07, 6.45) is -5.07. The van der Waals surface area contributed by atoms with Crippen LogP contribution < -0.4 is 9.46 Å². The maximum absolute atomic E-state index is 14.0. The average molecular weight is 512 g/mol. The van der Waals surface area contributed by atoms with E-state index in [1.807, 2.05) is 0 Å². The normalized spacial score (nSPS) is 13.1. The molecule has 0 radical (unpaired) electrons. The number of nitrogens with one attached hydrogen (secondary N) is 1. The topological polar surface area (TPSA) is 99.0 Å². The Morgan fingerprint density at radius 1 is 1.09 bits per heavy atom. The molecule has 2 heterocycles. The van der Waals surface area contributed by atoms with E-state index < -0.39 is 34.0 Å². The second-order valence-electron chi connectivity index (χ2n) is 7.05. The maximum Gasteiger partial charge on any atom is 0.431 e. The maximum atomic E-state index is 14.0. The summed E-state index contributed by atoms with van der Waals surface area (Å²) in [5, 5.41) is -0.0776. The molecule has 1 N–H and O–H groups in total. The second-order valence-corrected chi connectivity index (χ2v) is 9.10. The summed E-state index contributed by atoms with van der Waals surface area (Å²) >= 11 is 6.01. The van der Waals surface area contributed by atoms with Crippen LogP contribution in [0.1, 0.15) is 18.7 Å². The molecule has 0 saturated carbocycles. The number of nitrogens with zero attached hydrogens (tertiary/aromatic N) is 4. The molecule has 0 aliphatic rings. The van der Waals surface area contributed by atoms with Crippen molar-refractivity contribution in [3.8, 4) is 5.88 Å². The molecule has 0 aliphatic carbocycles.